The maximum absolute atomic E-state index is 11.6. The van der Waals surface area contributed by atoms with Gasteiger partial charge in [0, 0.05) is 51.9 Å². The zero-order valence-corrected chi connectivity index (χ0v) is 12.4. The highest BCUT2D eigenvalue weighted by Crippen LogP contribution is 2.17. The Hall–Kier alpha value is -0.650. The van der Waals surface area contributed by atoms with E-state index >= 15 is 0 Å². The molecule has 1 amide bonds. The van der Waals surface area contributed by atoms with Gasteiger partial charge in [0.05, 0.1) is 6.54 Å². The smallest absolute Gasteiger partial charge is 0.234 e. The quantitative estimate of drug-likeness (QED) is 0.769. The van der Waals surface area contributed by atoms with Gasteiger partial charge in [-0.15, -0.1) is 0 Å². The van der Waals surface area contributed by atoms with Gasteiger partial charge in [0.25, 0.3) is 0 Å². The highest BCUT2D eigenvalue weighted by Gasteiger charge is 2.27. The number of carbonyl (C=O) groups excluding carboxylic acids is 1. The van der Waals surface area contributed by atoms with Gasteiger partial charge in [-0.25, -0.2) is 0 Å². The number of piperazine rings is 1. The van der Waals surface area contributed by atoms with Gasteiger partial charge in [-0.2, -0.15) is 0 Å². The Labute approximate surface area is 116 Å². The number of nitrogens with one attached hydrogen (secondary N) is 1. The molecule has 0 spiro atoms. The number of likely N-dealkylation sites (tertiary alicyclic amines) is 1. The third kappa shape index (κ3) is 4.44. The third-order valence-corrected chi connectivity index (χ3v) is 4.35. The van der Waals surface area contributed by atoms with E-state index < -0.39 is 0 Å². The predicted octanol–water partition coefficient (Wildman–Crippen LogP) is -0.166. The van der Waals surface area contributed by atoms with E-state index in [1.165, 1.54) is 39.0 Å². The first-order valence-electron chi connectivity index (χ1n) is 7.60. The molecule has 5 nitrogen and oxygen atoms in total. The molecule has 0 unspecified atom stereocenters. The molecule has 0 aromatic rings. The summed E-state index contributed by atoms with van der Waals surface area (Å²) in [5.74, 6) is 0.167. The summed E-state index contributed by atoms with van der Waals surface area (Å²) in [6, 6.07) is 0.735. The molecule has 2 saturated heterocycles. The summed E-state index contributed by atoms with van der Waals surface area (Å²) in [6.07, 6.45) is 2.42. The monoisotopic (exact) mass is 268 g/mol. The second-order valence-electron chi connectivity index (χ2n) is 5.80. The Morgan fingerprint density at radius 2 is 1.74 bits per heavy atom. The lowest BCUT2D eigenvalue weighted by molar-refractivity contribution is -0.122. The van der Waals surface area contributed by atoms with Crippen molar-refractivity contribution in [3.8, 4) is 0 Å². The van der Waals surface area contributed by atoms with Crippen LogP contribution in [0.2, 0.25) is 0 Å². The number of likely N-dealkylation sites (N-methyl/N-ethyl adjacent to an activating group) is 2. The van der Waals surface area contributed by atoms with Crippen LogP contribution in [0.5, 0.6) is 0 Å². The minimum Gasteiger partial charge on any atom is -0.355 e. The average Bonchev–Trinajstić information content (AvgIpc) is 2.41. The molecule has 2 rings (SSSR count). The number of rotatable bonds is 4. The number of carbonyl (C=O) groups is 1. The van der Waals surface area contributed by atoms with Gasteiger partial charge in [0.1, 0.15) is 0 Å². The topological polar surface area (TPSA) is 38.8 Å². The fourth-order valence-corrected chi connectivity index (χ4v) is 3.09. The molecule has 0 saturated carbocycles. The van der Waals surface area contributed by atoms with E-state index in [-0.39, 0.29) is 5.91 Å². The van der Waals surface area contributed by atoms with Crippen LogP contribution in [0.25, 0.3) is 0 Å². The summed E-state index contributed by atoms with van der Waals surface area (Å²) in [5, 5.41) is 2.88. The highest BCUT2D eigenvalue weighted by molar-refractivity contribution is 5.77. The molecular weight excluding hydrogens is 240 g/mol. The standard InChI is InChI=1S/C14H28N4O/c1-3-15-14(19)12-17-6-4-13(5-7-17)18-10-8-16(2)9-11-18/h13H,3-12H2,1-2H3,(H,15,19). The van der Waals surface area contributed by atoms with Gasteiger partial charge in [-0.05, 0) is 26.8 Å². The van der Waals surface area contributed by atoms with Gasteiger partial charge in [-0.3, -0.25) is 14.6 Å². The van der Waals surface area contributed by atoms with Crippen molar-refractivity contribution in [1.82, 2.24) is 20.0 Å². The minimum atomic E-state index is 0.167. The SMILES string of the molecule is CCNC(=O)CN1CCC(N2CCN(C)CC2)CC1. The molecule has 0 aliphatic carbocycles. The Kier molecular flexibility index (Phi) is 5.60. The van der Waals surface area contributed by atoms with Crippen LogP contribution in [0, 0.1) is 0 Å². The molecule has 2 fully saturated rings. The lowest BCUT2D eigenvalue weighted by Crippen LogP contribution is -2.53. The Balaban J connectivity index is 1.69. The molecule has 2 heterocycles. The Morgan fingerprint density at radius 3 is 2.32 bits per heavy atom. The number of piperidine rings is 1. The summed E-state index contributed by atoms with van der Waals surface area (Å²) in [6.45, 7) is 10.2. The lowest BCUT2D eigenvalue weighted by Gasteiger charge is -2.41. The molecule has 0 aromatic heterocycles. The molecule has 0 bridgehead atoms. The van der Waals surface area contributed by atoms with Crippen molar-refractivity contribution in [2.45, 2.75) is 25.8 Å². The van der Waals surface area contributed by atoms with Crippen LogP contribution in [-0.4, -0.2) is 86.1 Å². The van der Waals surface area contributed by atoms with E-state index in [0.717, 1.165) is 25.7 Å². The van der Waals surface area contributed by atoms with Gasteiger partial charge in [0.15, 0.2) is 0 Å². The van der Waals surface area contributed by atoms with Crippen molar-refractivity contribution in [1.29, 1.82) is 0 Å². The summed E-state index contributed by atoms with van der Waals surface area (Å²) >= 11 is 0. The van der Waals surface area contributed by atoms with E-state index in [0.29, 0.717) is 6.54 Å². The molecule has 0 aromatic carbocycles. The summed E-state index contributed by atoms with van der Waals surface area (Å²) in [7, 11) is 2.20. The first kappa shape index (κ1) is 14.8. The van der Waals surface area contributed by atoms with Crippen LogP contribution >= 0.6 is 0 Å². The van der Waals surface area contributed by atoms with Crippen molar-refractivity contribution in [3.05, 3.63) is 0 Å². The van der Waals surface area contributed by atoms with Gasteiger partial charge < -0.3 is 10.2 Å². The fraction of sp³-hybridized carbons (Fsp3) is 0.929. The van der Waals surface area contributed by atoms with Crippen LogP contribution < -0.4 is 5.32 Å². The second kappa shape index (κ2) is 7.22. The maximum atomic E-state index is 11.6. The summed E-state index contributed by atoms with van der Waals surface area (Å²) in [4.78, 5) is 18.9. The average molecular weight is 268 g/mol. The van der Waals surface area contributed by atoms with E-state index in [9.17, 15) is 4.79 Å². The zero-order chi connectivity index (χ0) is 13.7. The Morgan fingerprint density at radius 1 is 1.11 bits per heavy atom. The molecule has 1 N–H and O–H groups in total. The molecule has 5 heteroatoms. The van der Waals surface area contributed by atoms with Crippen LogP contribution in [0.3, 0.4) is 0 Å². The largest absolute Gasteiger partial charge is 0.355 e. The second-order valence-corrected chi connectivity index (χ2v) is 5.80. The molecule has 2 aliphatic rings. The van der Waals surface area contributed by atoms with E-state index in [1.54, 1.807) is 0 Å². The van der Waals surface area contributed by atoms with Crippen LogP contribution in [0.4, 0.5) is 0 Å². The van der Waals surface area contributed by atoms with E-state index in [1.807, 2.05) is 6.92 Å². The van der Waals surface area contributed by atoms with E-state index in [4.69, 9.17) is 0 Å². The number of amides is 1. The molecule has 110 valence electrons. The highest BCUT2D eigenvalue weighted by atomic mass is 16.2. The summed E-state index contributed by atoms with van der Waals surface area (Å²) < 4.78 is 0. The number of hydrogen-bond acceptors (Lipinski definition) is 4. The molecule has 2 aliphatic heterocycles. The molecule has 0 radical (unpaired) electrons. The van der Waals surface area contributed by atoms with Gasteiger partial charge in [0.2, 0.25) is 5.91 Å². The number of nitrogens with zero attached hydrogens (tertiary/aromatic N) is 3. The van der Waals surface area contributed by atoms with Crippen molar-refractivity contribution in [3.63, 3.8) is 0 Å². The van der Waals surface area contributed by atoms with Crippen molar-refractivity contribution >= 4 is 5.91 Å². The number of hydrogen-bond donors (Lipinski definition) is 1. The first-order chi connectivity index (χ1) is 9.19. The predicted molar refractivity (Wildman–Crippen MR) is 77.2 cm³/mol. The van der Waals surface area contributed by atoms with Gasteiger partial charge >= 0.3 is 0 Å². The minimum absolute atomic E-state index is 0.167. The first-order valence-corrected chi connectivity index (χ1v) is 7.60. The summed E-state index contributed by atoms with van der Waals surface area (Å²) in [5.41, 5.74) is 0. The lowest BCUT2D eigenvalue weighted by atomic mass is 10.0. The van der Waals surface area contributed by atoms with Crippen molar-refractivity contribution < 1.29 is 4.79 Å². The van der Waals surface area contributed by atoms with Crippen molar-refractivity contribution in [2.75, 3.05) is 59.4 Å². The van der Waals surface area contributed by atoms with E-state index in [2.05, 4.69) is 27.1 Å². The van der Waals surface area contributed by atoms with Crippen LogP contribution in [0.1, 0.15) is 19.8 Å². The molecule has 19 heavy (non-hydrogen) atoms. The van der Waals surface area contributed by atoms with Crippen LogP contribution in [-0.2, 0) is 4.79 Å². The normalized spacial score (nSPS) is 24.5. The zero-order valence-electron chi connectivity index (χ0n) is 12.4. The fourth-order valence-electron chi connectivity index (χ4n) is 3.09. The van der Waals surface area contributed by atoms with Gasteiger partial charge in [-0.1, -0.05) is 0 Å². The Bertz CT molecular complexity index is 281. The molecular formula is C14H28N4O. The maximum Gasteiger partial charge on any atom is 0.234 e. The molecule has 0 atom stereocenters. The van der Waals surface area contributed by atoms with Crippen molar-refractivity contribution in [2.24, 2.45) is 0 Å². The van der Waals surface area contributed by atoms with Crippen LogP contribution in [0.15, 0.2) is 0 Å². The third-order valence-electron chi connectivity index (χ3n) is 4.35.